The van der Waals surface area contributed by atoms with Crippen molar-refractivity contribution in [1.29, 1.82) is 0 Å². The monoisotopic (exact) mass is 375 g/mol. The molecule has 6 nitrogen and oxygen atoms in total. The highest BCUT2D eigenvalue weighted by molar-refractivity contribution is 6.14. The van der Waals surface area contributed by atoms with Crippen LogP contribution in [0.4, 0.5) is 5.69 Å². The Labute approximate surface area is 161 Å². The van der Waals surface area contributed by atoms with Crippen LogP contribution in [-0.4, -0.2) is 16.5 Å². The minimum atomic E-state index is -0.578. The molecule has 0 radical (unpaired) electrons. The molecule has 0 spiro atoms. The zero-order valence-electron chi connectivity index (χ0n) is 14.9. The number of ether oxygens (including phenoxy) is 1. The minimum absolute atomic E-state index is 0.130. The van der Waals surface area contributed by atoms with Gasteiger partial charge in [0.2, 0.25) is 0 Å². The fourth-order valence-electron chi connectivity index (χ4n) is 2.69. The molecule has 6 heteroatoms. The third-order valence-corrected chi connectivity index (χ3v) is 4.12. The van der Waals surface area contributed by atoms with Gasteiger partial charge in [0.25, 0.3) is 5.69 Å². The number of nitrogens with zero attached hydrogens (tertiary/aromatic N) is 1. The summed E-state index contributed by atoms with van der Waals surface area (Å²) in [7, 11) is 0. The van der Waals surface area contributed by atoms with Gasteiger partial charge in [-0.05, 0) is 17.7 Å². The van der Waals surface area contributed by atoms with Crippen LogP contribution in [0.15, 0.2) is 78.9 Å². The van der Waals surface area contributed by atoms with Crippen LogP contribution in [0.1, 0.15) is 32.7 Å². The lowest BCUT2D eigenvalue weighted by molar-refractivity contribution is -0.384. The van der Waals surface area contributed by atoms with Gasteiger partial charge in [0.05, 0.1) is 16.9 Å². The van der Waals surface area contributed by atoms with E-state index in [1.54, 1.807) is 24.3 Å². The van der Waals surface area contributed by atoms with Crippen molar-refractivity contribution in [2.75, 3.05) is 0 Å². The summed E-state index contributed by atoms with van der Waals surface area (Å²) in [6, 6.07) is 21.6. The number of nitro groups is 1. The average molecular weight is 375 g/mol. The molecule has 0 atom stereocenters. The van der Waals surface area contributed by atoms with Crippen molar-refractivity contribution >= 4 is 17.3 Å². The van der Waals surface area contributed by atoms with Crippen LogP contribution in [0, 0.1) is 10.1 Å². The van der Waals surface area contributed by atoms with Crippen molar-refractivity contribution in [1.82, 2.24) is 0 Å². The summed E-state index contributed by atoms with van der Waals surface area (Å²) < 4.78 is 5.76. The van der Waals surface area contributed by atoms with Crippen LogP contribution < -0.4 is 4.74 Å². The first-order valence-electron chi connectivity index (χ1n) is 8.61. The summed E-state index contributed by atoms with van der Waals surface area (Å²) in [5.41, 5.74) is 1.20. The van der Waals surface area contributed by atoms with E-state index in [4.69, 9.17) is 4.74 Å². The molecular formula is C22H17NO5. The highest BCUT2D eigenvalue weighted by atomic mass is 16.6. The molecular weight excluding hydrogens is 358 g/mol. The van der Waals surface area contributed by atoms with E-state index in [0.717, 1.165) is 5.56 Å². The van der Waals surface area contributed by atoms with E-state index in [2.05, 4.69) is 0 Å². The quantitative estimate of drug-likeness (QED) is 0.248. The smallest absolute Gasteiger partial charge is 0.270 e. The Morgan fingerprint density at radius 2 is 1.57 bits per heavy atom. The number of non-ortho nitro benzene ring substituents is 1. The molecule has 0 fully saturated rings. The molecule has 0 amide bonds. The van der Waals surface area contributed by atoms with E-state index in [1.807, 2.05) is 30.3 Å². The van der Waals surface area contributed by atoms with Gasteiger partial charge in [0.1, 0.15) is 12.4 Å². The molecule has 0 aliphatic carbocycles. The first-order valence-corrected chi connectivity index (χ1v) is 8.61. The Bertz CT molecular complexity index is 1010. The first kappa shape index (κ1) is 19.0. The standard InChI is InChI=1S/C22H17NO5/c24-20(17-9-6-10-18(13-17)23(26)27)14-21(25)19-11-4-5-12-22(19)28-15-16-7-2-1-3-8-16/h1-13H,14-15H2. The molecule has 3 rings (SSSR count). The van der Waals surface area contributed by atoms with Gasteiger partial charge >= 0.3 is 0 Å². The van der Waals surface area contributed by atoms with Gasteiger partial charge in [-0.3, -0.25) is 19.7 Å². The van der Waals surface area contributed by atoms with E-state index in [1.165, 1.54) is 24.3 Å². The number of nitro benzene ring substituents is 1. The lowest BCUT2D eigenvalue weighted by atomic mass is 10.0. The lowest BCUT2D eigenvalue weighted by Gasteiger charge is -2.11. The highest BCUT2D eigenvalue weighted by Crippen LogP contribution is 2.22. The fourth-order valence-corrected chi connectivity index (χ4v) is 2.69. The number of hydrogen-bond donors (Lipinski definition) is 0. The van der Waals surface area contributed by atoms with Crippen LogP contribution in [-0.2, 0) is 6.61 Å². The third-order valence-electron chi connectivity index (χ3n) is 4.12. The maximum Gasteiger partial charge on any atom is 0.270 e. The van der Waals surface area contributed by atoms with Gasteiger partial charge in [-0.1, -0.05) is 54.6 Å². The molecule has 28 heavy (non-hydrogen) atoms. The number of ketones is 2. The Kier molecular flexibility index (Phi) is 5.91. The number of rotatable bonds is 8. The number of carbonyl (C=O) groups excluding carboxylic acids is 2. The van der Waals surface area contributed by atoms with E-state index in [-0.39, 0.29) is 11.3 Å². The van der Waals surface area contributed by atoms with E-state index < -0.39 is 22.9 Å². The number of benzene rings is 3. The highest BCUT2D eigenvalue weighted by Gasteiger charge is 2.19. The summed E-state index contributed by atoms with van der Waals surface area (Å²) in [6.45, 7) is 0.296. The summed E-state index contributed by atoms with van der Waals surface area (Å²) in [4.78, 5) is 35.3. The molecule has 0 unspecified atom stereocenters. The summed E-state index contributed by atoms with van der Waals surface area (Å²) >= 11 is 0. The van der Waals surface area contributed by atoms with E-state index in [0.29, 0.717) is 17.9 Å². The molecule has 3 aromatic rings. The van der Waals surface area contributed by atoms with Crippen LogP contribution in [0.2, 0.25) is 0 Å². The number of Topliss-reactive ketones (excluding diaryl/α,β-unsaturated/α-hetero) is 2. The van der Waals surface area contributed by atoms with Gasteiger partial charge in [-0.2, -0.15) is 0 Å². The van der Waals surface area contributed by atoms with Crippen molar-refractivity contribution < 1.29 is 19.2 Å². The Hall–Kier alpha value is -3.80. The summed E-state index contributed by atoms with van der Waals surface area (Å²) in [6.07, 6.45) is -0.396. The molecule has 0 aliphatic heterocycles. The minimum Gasteiger partial charge on any atom is -0.488 e. The predicted octanol–water partition coefficient (Wildman–Crippen LogP) is 4.63. The van der Waals surface area contributed by atoms with E-state index >= 15 is 0 Å². The van der Waals surface area contributed by atoms with Crippen LogP contribution in [0.3, 0.4) is 0 Å². The number of hydrogen-bond acceptors (Lipinski definition) is 5. The van der Waals surface area contributed by atoms with E-state index in [9.17, 15) is 19.7 Å². The van der Waals surface area contributed by atoms with Crippen molar-refractivity contribution in [2.24, 2.45) is 0 Å². The molecule has 0 aliphatic rings. The zero-order valence-corrected chi connectivity index (χ0v) is 14.9. The molecule has 0 aromatic heterocycles. The SMILES string of the molecule is O=C(CC(=O)c1ccccc1OCc1ccccc1)c1cccc([N+](=O)[O-])c1. The van der Waals surface area contributed by atoms with Crippen molar-refractivity contribution in [3.05, 3.63) is 106 Å². The molecule has 0 bridgehead atoms. The maximum atomic E-state index is 12.6. The van der Waals surface area contributed by atoms with Crippen LogP contribution >= 0.6 is 0 Å². The second-order valence-corrected chi connectivity index (χ2v) is 6.10. The van der Waals surface area contributed by atoms with Gasteiger partial charge in [-0.25, -0.2) is 0 Å². The normalized spacial score (nSPS) is 10.3. The van der Waals surface area contributed by atoms with Crippen molar-refractivity contribution in [3.63, 3.8) is 0 Å². The Morgan fingerprint density at radius 1 is 0.857 bits per heavy atom. The van der Waals surface area contributed by atoms with Crippen LogP contribution in [0.5, 0.6) is 5.75 Å². The van der Waals surface area contributed by atoms with Crippen molar-refractivity contribution in [3.8, 4) is 5.75 Å². The number of para-hydroxylation sites is 1. The summed E-state index contributed by atoms with van der Waals surface area (Å²) in [5.74, 6) is -0.491. The first-order chi connectivity index (χ1) is 13.5. The largest absolute Gasteiger partial charge is 0.488 e. The molecule has 0 saturated heterocycles. The zero-order chi connectivity index (χ0) is 19.9. The molecule has 0 heterocycles. The second-order valence-electron chi connectivity index (χ2n) is 6.10. The van der Waals surface area contributed by atoms with Crippen molar-refractivity contribution in [2.45, 2.75) is 13.0 Å². The average Bonchev–Trinajstić information content (AvgIpc) is 2.73. The van der Waals surface area contributed by atoms with Crippen LogP contribution in [0.25, 0.3) is 0 Å². The molecule has 140 valence electrons. The lowest BCUT2D eigenvalue weighted by Crippen LogP contribution is -2.10. The third kappa shape index (κ3) is 4.67. The Morgan fingerprint density at radius 3 is 2.32 bits per heavy atom. The topological polar surface area (TPSA) is 86.5 Å². The second kappa shape index (κ2) is 8.73. The molecule has 0 N–H and O–H groups in total. The predicted molar refractivity (Wildman–Crippen MR) is 104 cm³/mol. The van der Waals surface area contributed by atoms with Gasteiger partial charge in [-0.15, -0.1) is 0 Å². The van der Waals surface area contributed by atoms with Gasteiger partial charge in [0.15, 0.2) is 11.6 Å². The summed E-state index contributed by atoms with van der Waals surface area (Å²) in [5, 5.41) is 10.9. The Balaban J connectivity index is 1.73. The van der Waals surface area contributed by atoms with Gasteiger partial charge < -0.3 is 4.74 Å². The molecule has 0 saturated carbocycles. The fraction of sp³-hybridized carbons (Fsp3) is 0.0909. The molecule has 3 aromatic carbocycles. The maximum absolute atomic E-state index is 12.6. The van der Waals surface area contributed by atoms with Gasteiger partial charge in [0, 0.05) is 17.7 Å². The number of carbonyl (C=O) groups is 2.